The molecule has 1 aromatic rings. The van der Waals surface area contributed by atoms with Crippen LogP contribution in [0, 0.1) is 5.92 Å². The van der Waals surface area contributed by atoms with Crippen LogP contribution in [0.1, 0.15) is 51.4 Å². The molecule has 0 spiro atoms. The molecule has 1 heterocycles. The number of aryl methyl sites for hydroxylation is 1. The standard InChI is InChI=1S/C15H27N3O/c1-5-16-13(14-17-10-11-18(14)3)15(19-4)8-6-12(2)7-9-15/h10-13,16H,5-9H2,1-4H3. The SMILES string of the molecule is CCNC(c1nccn1C)C1(OC)CCC(C)CC1. The van der Waals surface area contributed by atoms with Crippen LogP contribution in [0.3, 0.4) is 0 Å². The van der Waals surface area contributed by atoms with E-state index in [1.165, 1.54) is 12.8 Å². The Hall–Kier alpha value is -0.870. The smallest absolute Gasteiger partial charge is 0.128 e. The van der Waals surface area contributed by atoms with Gasteiger partial charge in [-0.3, -0.25) is 0 Å². The highest BCUT2D eigenvalue weighted by Crippen LogP contribution is 2.42. The minimum Gasteiger partial charge on any atom is -0.376 e. The molecule has 0 aromatic carbocycles. The molecule has 0 saturated heterocycles. The maximum absolute atomic E-state index is 6.00. The second-order valence-corrected chi connectivity index (χ2v) is 5.84. The molecule has 1 aliphatic rings. The van der Waals surface area contributed by atoms with Crippen LogP contribution in [0.5, 0.6) is 0 Å². The molecule has 0 aliphatic heterocycles. The van der Waals surface area contributed by atoms with Gasteiger partial charge in [-0.05, 0) is 38.1 Å². The number of nitrogens with zero attached hydrogens (tertiary/aromatic N) is 2. The summed E-state index contributed by atoms with van der Waals surface area (Å²) in [7, 11) is 3.91. The minimum atomic E-state index is -0.109. The van der Waals surface area contributed by atoms with E-state index in [-0.39, 0.29) is 11.6 Å². The fraction of sp³-hybridized carbons (Fsp3) is 0.800. The number of methoxy groups -OCH3 is 1. The van der Waals surface area contributed by atoms with E-state index in [0.717, 1.165) is 31.1 Å². The fourth-order valence-corrected chi connectivity index (χ4v) is 3.23. The van der Waals surface area contributed by atoms with Gasteiger partial charge in [0, 0.05) is 26.6 Å². The quantitative estimate of drug-likeness (QED) is 0.889. The molecule has 1 aromatic heterocycles. The van der Waals surface area contributed by atoms with E-state index in [1.54, 1.807) is 0 Å². The summed E-state index contributed by atoms with van der Waals surface area (Å²) in [6.45, 7) is 5.41. The number of ether oxygens (including phenoxy) is 1. The van der Waals surface area contributed by atoms with Crippen molar-refractivity contribution >= 4 is 0 Å². The van der Waals surface area contributed by atoms with Crippen molar-refractivity contribution in [1.29, 1.82) is 0 Å². The maximum Gasteiger partial charge on any atom is 0.128 e. The van der Waals surface area contributed by atoms with Gasteiger partial charge in [0.25, 0.3) is 0 Å². The average Bonchev–Trinajstić information content (AvgIpc) is 2.84. The van der Waals surface area contributed by atoms with E-state index >= 15 is 0 Å². The number of imidazole rings is 1. The Labute approximate surface area is 116 Å². The van der Waals surface area contributed by atoms with Crippen molar-refractivity contribution in [2.75, 3.05) is 13.7 Å². The molecular formula is C15H27N3O. The van der Waals surface area contributed by atoms with Crippen molar-refractivity contribution in [2.24, 2.45) is 13.0 Å². The molecule has 108 valence electrons. The molecule has 19 heavy (non-hydrogen) atoms. The topological polar surface area (TPSA) is 39.1 Å². The zero-order valence-electron chi connectivity index (χ0n) is 12.6. The largest absolute Gasteiger partial charge is 0.376 e. The Kier molecular flexibility index (Phi) is 4.63. The number of hydrogen-bond acceptors (Lipinski definition) is 3. The number of nitrogens with one attached hydrogen (secondary N) is 1. The Morgan fingerprint density at radius 2 is 2.21 bits per heavy atom. The van der Waals surface area contributed by atoms with Crippen molar-refractivity contribution in [1.82, 2.24) is 14.9 Å². The van der Waals surface area contributed by atoms with Gasteiger partial charge >= 0.3 is 0 Å². The van der Waals surface area contributed by atoms with Gasteiger partial charge in [-0.2, -0.15) is 0 Å². The van der Waals surface area contributed by atoms with Crippen LogP contribution in [-0.2, 0) is 11.8 Å². The summed E-state index contributed by atoms with van der Waals surface area (Å²) < 4.78 is 8.11. The van der Waals surface area contributed by atoms with Crippen molar-refractivity contribution in [2.45, 2.75) is 51.2 Å². The molecule has 0 radical (unpaired) electrons. The highest BCUT2D eigenvalue weighted by molar-refractivity contribution is 5.09. The second-order valence-electron chi connectivity index (χ2n) is 5.84. The zero-order valence-corrected chi connectivity index (χ0v) is 12.6. The van der Waals surface area contributed by atoms with Crippen LogP contribution in [0.25, 0.3) is 0 Å². The maximum atomic E-state index is 6.00. The van der Waals surface area contributed by atoms with Crippen molar-refractivity contribution < 1.29 is 4.74 Å². The van der Waals surface area contributed by atoms with E-state index in [9.17, 15) is 0 Å². The number of aromatic nitrogens is 2. The highest BCUT2D eigenvalue weighted by atomic mass is 16.5. The van der Waals surface area contributed by atoms with Gasteiger partial charge in [-0.15, -0.1) is 0 Å². The van der Waals surface area contributed by atoms with Gasteiger partial charge in [0.15, 0.2) is 0 Å². The van der Waals surface area contributed by atoms with Crippen LogP contribution in [-0.4, -0.2) is 28.8 Å². The van der Waals surface area contributed by atoms with Gasteiger partial charge in [0.2, 0.25) is 0 Å². The lowest BCUT2D eigenvalue weighted by Gasteiger charge is -2.43. The summed E-state index contributed by atoms with van der Waals surface area (Å²) in [6, 6.07) is 0.176. The third-order valence-corrected chi connectivity index (χ3v) is 4.58. The van der Waals surface area contributed by atoms with E-state index in [0.29, 0.717) is 0 Å². The fourth-order valence-electron chi connectivity index (χ4n) is 3.23. The Morgan fingerprint density at radius 1 is 1.53 bits per heavy atom. The molecular weight excluding hydrogens is 238 g/mol. The molecule has 1 unspecified atom stereocenters. The first-order valence-corrected chi connectivity index (χ1v) is 7.38. The normalized spacial score (nSPS) is 29.4. The van der Waals surface area contributed by atoms with Gasteiger partial charge < -0.3 is 14.6 Å². The summed E-state index contributed by atoms with van der Waals surface area (Å²) in [5, 5.41) is 3.59. The van der Waals surface area contributed by atoms with E-state index < -0.39 is 0 Å². The van der Waals surface area contributed by atoms with Gasteiger partial charge in [-0.25, -0.2) is 4.98 Å². The molecule has 4 nitrogen and oxygen atoms in total. The lowest BCUT2D eigenvalue weighted by molar-refractivity contribution is -0.0782. The molecule has 1 N–H and O–H groups in total. The highest BCUT2D eigenvalue weighted by Gasteiger charge is 2.43. The lowest BCUT2D eigenvalue weighted by atomic mass is 9.75. The molecule has 0 bridgehead atoms. The molecule has 1 saturated carbocycles. The minimum absolute atomic E-state index is 0.109. The van der Waals surface area contributed by atoms with Crippen LogP contribution in [0.4, 0.5) is 0 Å². The Balaban J connectivity index is 2.28. The predicted molar refractivity (Wildman–Crippen MR) is 77.0 cm³/mol. The predicted octanol–water partition coefficient (Wildman–Crippen LogP) is 2.67. The Morgan fingerprint density at radius 3 is 2.68 bits per heavy atom. The first kappa shape index (κ1) is 14.5. The first-order chi connectivity index (χ1) is 9.13. The lowest BCUT2D eigenvalue weighted by Crippen LogP contribution is -2.48. The van der Waals surface area contributed by atoms with Crippen LogP contribution in [0.15, 0.2) is 12.4 Å². The zero-order chi connectivity index (χ0) is 13.9. The van der Waals surface area contributed by atoms with Crippen molar-refractivity contribution in [3.05, 3.63) is 18.2 Å². The molecule has 1 aliphatic carbocycles. The summed E-state index contributed by atoms with van der Waals surface area (Å²) in [4.78, 5) is 4.54. The third-order valence-electron chi connectivity index (χ3n) is 4.58. The molecule has 1 atom stereocenters. The summed E-state index contributed by atoms with van der Waals surface area (Å²) in [6.07, 6.45) is 8.56. The Bertz CT molecular complexity index is 394. The van der Waals surface area contributed by atoms with Gasteiger partial charge in [0.05, 0.1) is 11.6 Å². The van der Waals surface area contributed by atoms with Gasteiger partial charge in [-0.1, -0.05) is 13.8 Å². The second kappa shape index (κ2) is 6.06. The molecule has 2 rings (SSSR count). The van der Waals surface area contributed by atoms with Gasteiger partial charge in [0.1, 0.15) is 5.82 Å². The van der Waals surface area contributed by atoms with Crippen molar-refractivity contribution in [3.8, 4) is 0 Å². The first-order valence-electron chi connectivity index (χ1n) is 7.38. The monoisotopic (exact) mass is 265 g/mol. The molecule has 4 heteroatoms. The molecule has 0 amide bonds. The van der Waals surface area contributed by atoms with E-state index in [1.807, 2.05) is 19.5 Å². The van der Waals surface area contributed by atoms with Crippen LogP contribution < -0.4 is 5.32 Å². The summed E-state index contributed by atoms with van der Waals surface area (Å²) in [5.74, 6) is 1.89. The summed E-state index contributed by atoms with van der Waals surface area (Å²) >= 11 is 0. The number of likely N-dealkylation sites (N-methyl/N-ethyl adjacent to an activating group) is 1. The average molecular weight is 265 g/mol. The van der Waals surface area contributed by atoms with Crippen LogP contribution >= 0.6 is 0 Å². The third kappa shape index (κ3) is 2.84. The van der Waals surface area contributed by atoms with Crippen LogP contribution in [0.2, 0.25) is 0 Å². The van der Waals surface area contributed by atoms with Crippen molar-refractivity contribution in [3.63, 3.8) is 0 Å². The van der Waals surface area contributed by atoms with E-state index in [2.05, 4.69) is 35.8 Å². The summed E-state index contributed by atoms with van der Waals surface area (Å²) in [5.41, 5.74) is -0.109. The number of hydrogen-bond donors (Lipinski definition) is 1. The van der Waals surface area contributed by atoms with E-state index in [4.69, 9.17) is 4.74 Å². The molecule has 1 fully saturated rings. The number of rotatable bonds is 5.